The van der Waals surface area contributed by atoms with Crippen molar-refractivity contribution >= 4 is 40.7 Å². The summed E-state index contributed by atoms with van der Waals surface area (Å²) in [6.07, 6.45) is -4.60. The minimum atomic E-state index is -4.60. The van der Waals surface area contributed by atoms with Crippen molar-refractivity contribution in [3.05, 3.63) is 40.0 Å². The molecule has 2 aromatic rings. The molecule has 0 aliphatic carbocycles. The van der Waals surface area contributed by atoms with E-state index in [4.69, 9.17) is 23.2 Å². The van der Waals surface area contributed by atoms with E-state index in [1.54, 1.807) is 12.1 Å². The zero-order valence-corrected chi connectivity index (χ0v) is 15.5. The first-order valence-corrected chi connectivity index (χ1v) is 8.22. The fraction of sp³-hybridized carbons (Fsp3) is 0.333. The SMILES string of the molecule is CN(C)CCNc1nc(NNc2ccc(Cl)cc2Cl)cc(C(F)(F)F)n1. The number of hydrazine groups is 1. The van der Waals surface area contributed by atoms with Crippen LogP contribution in [-0.2, 0) is 6.18 Å². The molecule has 1 aromatic heterocycles. The van der Waals surface area contributed by atoms with Gasteiger partial charge in [-0.2, -0.15) is 18.2 Å². The van der Waals surface area contributed by atoms with Gasteiger partial charge in [-0.25, -0.2) is 4.98 Å². The van der Waals surface area contributed by atoms with Crippen LogP contribution in [0.2, 0.25) is 10.0 Å². The zero-order chi connectivity index (χ0) is 19.3. The summed E-state index contributed by atoms with van der Waals surface area (Å²) in [5.41, 5.74) is 4.67. The topological polar surface area (TPSA) is 65.1 Å². The second-order valence-corrected chi connectivity index (χ2v) is 6.41. The Morgan fingerprint density at radius 2 is 1.81 bits per heavy atom. The van der Waals surface area contributed by atoms with Crippen LogP contribution in [0, 0.1) is 0 Å². The second kappa shape index (κ2) is 8.61. The number of hydrogen-bond donors (Lipinski definition) is 3. The number of hydrogen-bond acceptors (Lipinski definition) is 6. The van der Waals surface area contributed by atoms with Gasteiger partial charge in [-0.1, -0.05) is 23.2 Å². The van der Waals surface area contributed by atoms with Crippen molar-refractivity contribution in [1.29, 1.82) is 0 Å². The fourth-order valence-electron chi connectivity index (χ4n) is 1.85. The van der Waals surface area contributed by atoms with Gasteiger partial charge >= 0.3 is 6.18 Å². The summed E-state index contributed by atoms with van der Waals surface area (Å²) in [6, 6.07) is 5.48. The van der Waals surface area contributed by atoms with E-state index in [1.165, 1.54) is 6.07 Å². The normalized spacial score (nSPS) is 11.5. The smallest absolute Gasteiger partial charge is 0.353 e. The molecule has 26 heavy (non-hydrogen) atoms. The first-order valence-electron chi connectivity index (χ1n) is 7.47. The number of alkyl halides is 3. The zero-order valence-electron chi connectivity index (χ0n) is 14.0. The highest BCUT2D eigenvalue weighted by Crippen LogP contribution is 2.30. The van der Waals surface area contributed by atoms with Crippen LogP contribution in [0.3, 0.4) is 0 Å². The minimum absolute atomic E-state index is 0.0642. The van der Waals surface area contributed by atoms with Gasteiger partial charge in [0.2, 0.25) is 5.95 Å². The summed E-state index contributed by atoms with van der Waals surface area (Å²) < 4.78 is 39.2. The maximum Gasteiger partial charge on any atom is 0.433 e. The number of nitrogens with one attached hydrogen (secondary N) is 3. The predicted molar refractivity (Wildman–Crippen MR) is 97.8 cm³/mol. The monoisotopic (exact) mass is 408 g/mol. The third-order valence-electron chi connectivity index (χ3n) is 3.12. The van der Waals surface area contributed by atoms with Crippen molar-refractivity contribution in [2.75, 3.05) is 43.4 Å². The van der Waals surface area contributed by atoms with Gasteiger partial charge in [0.05, 0.1) is 10.7 Å². The summed E-state index contributed by atoms with van der Waals surface area (Å²) in [5.74, 6) is -0.195. The molecule has 1 heterocycles. The van der Waals surface area contributed by atoms with Crippen LogP contribution >= 0.6 is 23.2 Å². The van der Waals surface area contributed by atoms with Crippen molar-refractivity contribution in [2.45, 2.75) is 6.18 Å². The van der Waals surface area contributed by atoms with E-state index in [2.05, 4.69) is 26.1 Å². The lowest BCUT2D eigenvalue weighted by Gasteiger charge is -2.15. The minimum Gasteiger partial charge on any atom is -0.353 e. The summed E-state index contributed by atoms with van der Waals surface area (Å²) in [5, 5.41) is 3.51. The average molecular weight is 409 g/mol. The third kappa shape index (κ3) is 6.08. The quantitative estimate of drug-likeness (QED) is 0.596. The Balaban J connectivity index is 2.17. The van der Waals surface area contributed by atoms with Gasteiger partial charge in [0, 0.05) is 24.2 Å². The summed E-state index contributed by atoms with van der Waals surface area (Å²) in [4.78, 5) is 9.41. The molecule has 0 radical (unpaired) electrons. The molecule has 0 spiro atoms. The molecule has 0 amide bonds. The van der Waals surface area contributed by atoms with Crippen LogP contribution in [0.15, 0.2) is 24.3 Å². The highest BCUT2D eigenvalue weighted by molar-refractivity contribution is 6.36. The highest BCUT2D eigenvalue weighted by atomic mass is 35.5. The van der Waals surface area contributed by atoms with Crippen LogP contribution in [0.25, 0.3) is 0 Å². The highest BCUT2D eigenvalue weighted by Gasteiger charge is 2.33. The van der Waals surface area contributed by atoms with Crippen molar-refractivity contribution in [2.24, 2.45) is 0 Å². The number of nitrogens with zero attached hydrogens (tertiary/aromatic N) is 3. The largest absolute Gasteiger partial charge is 0.433 e. The van der Waals surface area contributed by atoms with E-state index in [1.807, 2.05) is 19.0 Å². The van der Waals surface area contributed by atoms with Crippen LogP contribution in [0.1, 0.15) is 5.69 Å². The molecule has 0 unspecified atom stereocenters. The average Bonchev–Trinajstić information content (AvgIpc) is 2.52. The molecule has 3 N–H and O–H groups in total. The Bertz CT molecular complexity index is 755. The molecule has 0 atom stereocenters. The van der Waals surface area contributed by atoms with Crippen LogP contribution in [0.5, 0.6) is 0 Å². The maximum atomic E-state index is 13.1. The molecule has 142 valence electrons. The number of likely N-dealkylation sites (N-methyl/N-ethyl adjacent to an activating group) is 1. The summed E-state index contributed by atoms with van der Waals surface area (Å²) in [7, 11) is 3.70. The van der Waals surface area contributed by atoms with E-state index in [0.29, 0.717) is 28.8 Å². The Morgan fingerprint density at radius 3 is 2.42 bits per heavy atom. The molecule has 6 nitrogen and oxygen atoms in total. The molecule has 0 aliphatic heterocycles. The predicted octanol–water partition coefficient (Wildman–Crippen LogP) is 4.21. The first kappa shape index (κ1) is 20.3. The number of halogens is 5. The Labute approximate surface area is 158 Å². The number of aromatic nitrogens is 2. The molecule has 0 bridgehead atoms. The van der Waals surface area contributed by atoms with Crippen LogP contribution in [-0.4, -0.2) is 42.1 Å². The Hall–Kier alpha value is -1.97. The third-order valence-corrected chi connectivity index (χ3v) is 3.66. The van der Waals surface area contributed by atoms with Crippen LogP contribution in [0.4, 0.5) is 30.6 Å². The van der Waals surface area contributed by atoms with E-state index < -0.39 is 11.9 Å². The molecule has 0 saturated heterocycles. The van der Waals surface area contributed by atoms with Crippen molar-refractivity contribution < 1.29 is 13.2 Å². The molecular weight excluding hydrogens is 392 g/mol. The van der Waals surface area contributed by atoms with E-state index >= 15 is 0 Å². The number of anilines is 3. The number of rotatable bonds is 7. The van der Waals surface area contributed by atoms with E-state index in [9.17, 15) is 13.2 Å². The van der Waals surface area contributed by atoms with Gasteiger partial charge < -0.3 is 10.2 Å². The van der Waals surface area contributed by atoms with Crippen LogP contribution < -0.4 is 16.2 Å². The first-order chi connectivity index (χ1) is 12.1. The van der Waals surface area contributed by atoms with Gasteiger partial charge in [0.15, 0.2) is 11.5 Å². The molecule has 0 saturated carbocycles. The molecule has 0 aliphatic rings. The van der Waals surface area contributed by atoms with Gasteiger partial charge in [0.25, 0.3) is 0 Å². The van der Waals surface area contributed by atoms with Crippen molar-refractivity contribution in [1.82, 2.24) is 14.9 Å². The lowest BCUT2D eigenvalue weighted by molar-refractivity contribution is -0.141. The molecule has 0 fully saturated rings. The maximum absolute atomic E-state index is 13.1. The van der Waals surface area contributed by atoms with Crippen molar-refractivity contribution in [3.63, 3.8) is 0 Å². The lowest BCUT2D eigenvalue weighted by atomic mass is 10.3. The van der Waals surface area contributed by atoms with Gasteiger partial charge in [-0.15, -0.1) is 0 Å². The fourth-order valence-corrected chi connectivity index (χ4v) is 2.30. The standard InChI is InChI=1S/C15H17Cl2F3N6/c1-26(2)6-5-21-14-22-12(15(18,19)20)8-13(23-14)25-24-11-4-3-9(16)7-10(11)17/h3-4,7-8,24H,5-6H2,1-2H3,(H2,21,22,23,25). The van der Waals surface area contributed by atoms with Gasteiger partial charge in [-0.3, -0.25) is 10.9 Å². The Kier molecular flexibility index (Phi) is 6.74. The molecule has 1 aromatic carbocycles. The Morgan fingerprint density at radius 1 is 1.08 bits per heavy atom. The lowest BCUT2D eigenvalue weighted by Crippen LogP contribution is -2.22. The molecular formula is C15H17Cl2F3N6. The number of benzene rings is 1. The van der Waals surface area contributed by atoms with E-state index in [-0.39, 0.29) is 11.8 Å². The summed E-state index contributed by atoms with van der Waals surface area (Å²) >= 11 is 11.8. The van der Waals surface area contributed by atoms with E-state index in [0.717, 1.165) is 6.07 Å². The van der Waals surface area contributed by atoms with Gasteiger partial charge in [0.1, 0.15) is 0 Å². The van der Waals surface area contributed by atoms with Crippen molar-refractivity contribution in [3.8, 4) is 0 Å². The van der Waals surface area contributed by atoms with Gasteiger partial charge in [-0.05, 0) is 32.3 Å². The molecule has 11 heteroatoms. The summed E-state index contributed by atoms with van der Waals surface area (Å²) in [6.45, 7) is 1.01. The molecule has 2 rings (SSSR count). The second-order valence-electron chi connectivity index (χ2n) is 5.56.